The lowest BCUT2D eigenvalue weighted by Gasteiger charge is -2.13. The third-order valence-corrected chi connectivity index (χ3v) is 3.43. The van der Waals surface area contributed by atoms with Crippen LogP contribution < -0.4 is 4.74 Å². The van der Waals surface area contributed by atoms with Crippen molar-refractivity contribution < 1.29 is 22.7 Å². The van der Waals surface area contributed by atoms with Crippen LogP contribution in [-0.2, 0) is 6.18 Å². The van der Waals surface area contributed by atoms with Crippen LogP contribution in [-0.4, -0.2) is 18.2 Å². The van der Waals surface area contributed by atoms with Gasteiger partial charge in [0.15, 0.2) is 5.78 Å². The molecule has 1 rings (SSSR count). The Morgan fingerprint density at radius 3 is 2.50 bits per heavy atom. The molecule has 0 bridgehead atoms. The second-order valence-corrected chi connectivity index (χ2v) is 5.13. The minimum absolute atomic E-state index is 0.0805. The van der Waals surface area contributed by atoms with E-state index >= 15 is 0 Å². The van der Waals surface area contributed by atoms with Gasteiger partial charge in [0.05, 0.1) is 12.7 Å². The van der Waals surface area contributed by atoms with Gasteiger partial charge in [-0.2, -0.15) is 13.2 Å². The van der Waals surface area contributed by atoms with Crippen molar-refractivity contribution in [1.82, 2.24) is 0 Å². The normalized spacial score (nSPS) is 11.4. The molecule has 0 radical (unpaired) electrons. The zero-order valence-corrected chi connectivity index (χ0v) is 12.7. The van der Waals surface area contributed by atoms with Crippen molar-refractivity contribution in [2.45, 2.75) is 31.9 Å². The highest BCUT2D eigenvalue weighted by Gasteiger charge is 2.34. The maximum atomic E-state index is 12.8. The van der Waals surface area contributed by atoms with Crippen LogP contribution in [0.25, 0.3) is 0 Å². The lowest BCUT2D eigenvalue weighted by atomic mass is 10.0. The monoisotopic (exact) mass is 352 g/mol. The van der Waals surface area contributed by atoms with Gasteiger partial charge in [-0.3, -0.25) is 4.79 Å². The molecule has 0 aliphatic heterocycles. The van der Waals surface area contributed by atoms with Crippen LogP contribution in [0.1, 0.15) is 41.6 Å². The van der Waals surface area contributed by atoms with E-state index < -0.39 is 11.7 Å². The van der Waals surface area contributed by atoms with Crippen molar-refractivity contribution in [3.05, 3.63) is 29.3 Å². The topological polar surface area (TPSA) is 26.3 Å². The third kappa shape index (κ3) is 4.81. The van der Waals surface area contributed by atoms with Crippen molar-refractivity contribution in [3.63, 3.8) is 0 Å². The highest BCUT2D eigenvalue weighted by molar-refractivity contribution is 9.09. The summed E-state index contributed by atoms with van der Waals surface area (Å²) in [6.07, 6.45) is -1.77. The summed E-state index contributed by atoms with van der Waals surface area (Å²) >= 11 is 3.28. The summed E-state index contributed by atoms with van der Waals surface area (Å²) in [4.78, 5) is 11.9. The molecule has 0 saturated carbocycles. The second-order valence-electron chi connectivity index (χ2n) is 4.34. The van der Waals surface area contributed by atoms with E-state index in [2.05, 4.69) is 20.7 Å². The summed E-state index contributed by atoms with van der Waals surface area (Å²) in [6, 6.07) is 3.43. The largest absolute Gasteiger partial charge is 0.496 e. The fourth-order valence-corrected chi connectivity index (χ4v) is 2.20. The zero-order valence-electron chi connectivity index (χ0n) is 11.1. The number of carbonyl (C=O) groups excluding carboxylic acids is 1. The number of hydrogen-bond acceptors (Lipinski definition) is 2. The van der Waals surface area contributed by atoms with Gasteiger partial charge in [0.1, 0.15) is 5.75 Å². The fourth-order valence-electron chi connectivity index (χ4n) is 1.80. The Labute approximate surface area is 124 Å². The van der Waals surface area contributed by atoms with Gasteiger partial charge in [-0.05, 0) is 31.0 Å². The molecule has 0 unspecified atom stereocenters. The molecule has 0 N–H and O–H groups in total. The number of ketones is 1. The molecule has 0 spiro atoms. The van der Waals surface area contributed by atoms with E-state index in [0.29, 0.717) is 6.42 Å². The van der Waals surface area contributed by atoms with Crippen molar-refractivity contribution in [2.75, 3.05) is 12.4 Å². The molecule has 1 aromatic rings. The number of ether oxygens (including phenoxy) is 1. The Hall–Kier alpha value is -1.04. The van der Waals surface area contributed by atoms with E-state index in [4.69, 9.17) is 0 Å². The van der Waals surface area contributed by atoms with Gasteiger partial charge in [-0.25, -0.2) is 0 Å². The Bertz CT molecular complexity index is 458. The molecule has 1 aromatic carbocycles. The van der Waals surface area contributed by atoms with Gasteiger partial charge in [-0.1, -0.05) is 22.4 Å². The van der Waals surface area contributed by atoms with E-state index in [0.717, 1.165) is 24.2 Å². The van der Waals surface area contributed by atoms with Gasteiger partial charge in [0, 0.05) is 17.3 Å². The number of unbranched alkanes of at least 4 members (excludes halogenated alkanes) is 2. The first kappa shape index (κ1) is 17.0. The van der Waals surface area contributed by atoms with Gasteiger partial charge < -0.3 is 4.74 Å². The molecule has 0 fully saturated rings. The number of Topliss-reactive ketones (excluding diaryl/α,β-unsaturated/α-hetero) is 1. The SMILES string of the molecule is COc1ccc(C(=O)CCCCCBr)cc1C(F)(F)F. The average Bonchev–Trinajstić information content (AvgIpc) is 2.41. The Balaban J connectivity index is 2.83. The van der Waals surface area contributed by atoms with Crippen LogP contribution in [0.4, 0.5) is 13.2 Å². The first-order valence-electron chi connectivity index (χ1n) is 6.24. The fraction of sp³-hybridized carbons (Fsp3) is 0.500. The Morgan fingerprint density at radius 2 is 1.95 bits per heavy atom. The van der Waals surface area contributed by atoms with E-state index in [1.54, 1.807) is 0 Å². The van der Waals surface area contributed by atoms with Crippen LogP contribution >= 0.6 is 15.9 Å². The third-order valence-electron chi connectivity index (χ3n) is 2.86. The van der Waals surface area contributed by atoms with Gasteiger partial charge >= 0.3 is 6.18 Å². The number of halogens is 4. The molecule has 6 heteroatoms. The summed E-state index contributed by atoms with van der Waals surface area (Å²) in [5, 5.41) is 0.863. The summed E-state index contributed by atoms with van der Waals surface area (Å²) < 4.78 is 43.2. The molecule has 0 atom stereocenters. The molecule has 0 aromatic heterocycles. The Morgan fingerprint density at radius 1 is 1.25 bits per heavy atom. The number of rotatable bonds is 7. The van der Waals surface area contributed by atoms with Gasteiger partial charge in [-0.15, -0.1) is 0 Å². The van der Waals surface area contributed by atoms with Crippen LogP contribution in [0, 0.1) is 0 Å². The summed E-state index contributed by atoms with van der Waals surface area (Å²) in [5.74, 6) is -0.541. The summed E-state index contributed by atoms with van der Waals surface area (Å²) in [6.45, 7) is 0. The quantitative estimate of drug-likeness (QED) is 0.398. The first-order chi connectivity index (χ1) is 9.40. The van der Waals surface area contributed by atoms with Crippen molar-refractivity contribution in [2.24, 2.45) is 0 Å². The molecule has 0 aliphatic rings. The smallest absolute Gasteiger partial charge is 0.419 e. The maximum absolute atomic E-state index is 12.8. The average molecular weight is 353 g/mol. The predicted octanol–water partition coefficient (Wildman–Crippen LogP) is 4.85. The standard InChI is InChI=1S/C14H16BrF3O2/c1-20-13-7-6-10(9-11(13)14(16,17)18)12(19)5-3-2-4-8-15/h6-7,9H,2-5,8H2,1H3. The molecule has 0 amide bonds. The van der Waals surface area contributed by atoms with E-state index in [-0.39, 0.29) is 23.5 Å². The summed E-state index contributed by atoms with van der Waals surface area (Å²) in [7, 11) is 1.17. The summed E-state index contributed by atoms with van der Waals surface area (Å²) in [5.41, 5.74) is -0.830. The van der Waals surface area contributed by atoms with Crippen molar-refractivity contribution in [3.8, 4) is 5.75 Å². The van der Waals surface area contributed by atoms with Crippen LogP contribution in [0.15, 0.2) is 18.2 Å². The maximum Gasteiger partial charge on any atom is 0.419 e. The number of hydrogen-bond donors (Lipinski definition) is 0. The molecule has 0 heterocycles. The Kier molecular flexibility index (Phi) is 6.52. The van der Waals surface area contributed by atoms with E-state index in [9.17, 15) is 18.0 Å². The number of alkyl halides is 4. The lowest BCUT2D eigenvalue weighted by molar-refractivity contribution is -0.138. The minimum Gasteiger partial charge on any atom is -0.496 e. The molecule has 2 nitrogen and oxygen atoms in total. The van der Waals surface area contributed by atoms with Gasteiger partial charge in [0.25, 0.3) is 0 Å². The van der Waals surface area contributed by atoms with Gasteiger partial charge in [0.2, 0.25) is 0 Å². The molecule has 112 valence electrons. The number of carbonyl (C=O) groups is 1. The lowest BCUT2D eigenvalue weighted by Crippen LogP contribution is -2.10. The first-order valence-corrected chi connectivity index (χ1v) is 7.36. The predicted molar refractivity (Wildman–Crippen MR) is 74.6 cm³/mol. The van der Waals surface area contributed by atoms with Crippen molar-refractivity contribution in [1.29, 1.82) is 0 Å². The number of methoxy groups -OCH3 is 1. The molecule has 0 saturated heterocycles. The molecular weight excluding hydrogens is 337 g/mol. The molecular formula is C14H16BrF3O2. The second kappa shape index (κ2) is 7.67. The van der Waals surface area contributed by atoms with Crippen LogP contribution in [0.5, 0.6) is 5.75 Å². The van der Waals surface area contributed by atoms with E-state index in [1.807, 2.05) is 0 Å². The van der Waals surface area contributed by atoms with Crippen LogP contribution in [0.3, 0.4) is 0 Å². The molecule has 20 heavy (non-hydrogen) atoms. The number of benzene rings is 1. The molecule has 0 aliphatic carbocycles. The minimum atomic E-state index is -4.53. The highest BCUT2D eigenvalue weighted by atomic mass is 79.9. The van der Waals surface area contributed by atoms with Crippen LogP contribution in [0.2, 0.25) is 0 Å². The van der Waals surface area contributed by atoms with Crippen molar-refractivity contribution >= 4 is 21.7 Å². The highest BCUT2D eigenvalue weighted by Crippen LogP contribution is 2.36. The van der Waals surface area contributed by atoms with E-state index in [1.165, 1.54) is 19.2 Å². The zero-order chi connectivity index (χ0) is 15.2.